The minimum atomic E-state index is -3.10. The van der Waals surface area contributed by atoms with Crippen LogP contribution in [0.2, 0.25) is 0 Å². The fourth-order valence-corrected chi connectivity index (χ4v) is 5.60. The predicted molar refractivity (Wildman–Crippen MR) is 133 cm³/mol. The van der Waals surface area contributed by atoms with E-state index in [-0.39, 0.29) is 18.3 Å². The highest BCUT2D eigenvalue weighted by Gasteiger charge is 2.30. The zero-order valence-corrected chi connectivity index (χ0v) is 19.6. The van der Waals surface area contributed by atoms with Crippen molar-refractivity contribution in [1.29, 1.82) is 0 Å². The molecule has 5 rings (SSSR count). The average Bonchev–Trinajstić information content (AvgIpc) is 3.64. The number of fused-ring (bicyclic) bond motifs is 1. The summed E-state index contributed by atoms with van der Waals surface area (Å²) in [5, 5.41) is 3.58. The van der Waals surface area contributed by atoms with Gasteiger partial charge in [-0.2, -0.15) is 0 Å². The molecule has 0 spiro atoms. The maximum Gasteiger partial charge on any atom is 0.262 e. The number of hydrogen-bond donors (Lipinski definition) is 2. The van der Waals surface area contributed by atoms with Gasteiger partial charge >= 0.3 is 0 Å². The minimum Gasteiger partial charge on any atom is -0.335 e. The van der Waals surface area contributed by atoms with Gasteiger partial charge in [0.1, 0.15) is 28.2 Å². The van der Waals surface area contributed by atoms with Crippen LogP contribution in [-0.2, 0) is 19.2 Å². The first kappa shape index (κ1) is 22.8. The fourth-order valence-electron chi connectivity index (χ4n) is 3.81. The Morgan fingerprint density at radius 3 is 2.40 bits per heavy atom. The van der Waals surface area contributed by atoms with Gasteiger partial charge in [-0.3, -0.25) is 14.3 Å². The normalized spacial score (nSPS) is 15.3. The number of amides is 2. The van der Waals surface area contributed by atoms with Crippen molar-refractivity contribution in [3.8, 4) is 0 Å². The van der Waals surface area contributed by atoms with Crippen LogP contribution in [0, 0.1) is 5.82 Å². The Balaban J connectivity index is 1.34. The second-order valence-electron chi connectivity index (χ2n) is 8.10. The smallest absolute Gasteiger partial charge is 0.262 e. The van der Waals surface area contributed by atoms with Gasteiger partial charge in [-0.05, 0) is 61.5 Å². The van der Waals surface area contributed by atoms with Gasteiger partial charge in [0.05, 0.1) is 10.4 Å². The first-order chi connectivity index (χ1) is 16.9. The lowest BCUT2D eigenvalue weighted by Gasteiger charge is -2.16. The Labute approximate surface area is 201 Å². The number of carbonyl (C=O) groups excluding carboxylic acids is 2. The van der Waals surface area contributed by atoms with E-state index in [0.29, 0.717) is 32.1 Å². The molecule has 1 saturated heterocycles. The third-order valence-corrected chi connectivity index (χ3v) is 8.10. The lowest BCUT2D eigenvalue weighted by Crippen LogP contribution is -2.32. The molecule has 0 saturated carbocycles. The van der Waals surface area contributed by atoms with Gasteiger partial charge in [0.15, 0.2) is 5.05 Å². The van der Waals surface area contributed by atoms with E-state index in [9.17, 15) is 18.2 Å². The van der Waals surface area contributed by atoms with Gasteiger partial charge in [0.25, 0.3) is 5.91 Å². The molecule has 178 valence electrons. The monoisotopic (exact) mass is 491 g/mol. The molecule has 0 aliphatic carbocycles. The molecule has 1 aromatic heterocycles. The lowest BCUT2D eigenvalue weighted by molar-refractivity contribution is -0.118. The predicted octanol–water partition coefficient (Wildman–Crippen LogP) is 4.13. The summed E-state index contributed by atoms with van der Waals surface area (Å²) in [7, 11) is -3.10. The van der Waals surface area contributed by atoms with Crippen molar-refractivity contribution < 1.29 is 22.9 Å². The van der Waals surface area contributed by atoms with E-state index in [1.807, 2.05) is 0 Å². The van der Waals surface area contributed by atoms with Crippen molar-refractivity contribution in [2.24, 2.45) is 0 Å². The van der Waals surface area contributed by atoms with E-state index in [1.165, 1.54) is 6.07 Å². The lowest BCUT2D eigenvalue weighted by atomic mass is 10.2. The Morgan fingerprint density at radius 1 is 1.00 bits per heavy atom. The molecule has 7 nitrogen and oxygen atoms in total. The Bertz CT molecular complexity index is 1550. The Morgan fingerprint density at radius 2 is 1.71 bits per heavy atom. The van der Waals surface area contributed by atoms with E-state index >= 15 is 0 Å². The number of halogens is 1. The standard InChI is InChI=1S/C26H22FN3O4S/c1-17(30-15-14-21-22(27)8-5-9-23(21)30)25(31)28-19-10-12-20(13-11-19)35(33,24-16-34-24)29-26(32)18-6-3-2-4-7-18/h2-15,17H,16H2,1H3,(H,28,31)(H,29,32,33)/t17-,35?/m1/s1. The molecule has 4 aromatic rings. The summed E-state index contributed by atoms with van der Waals surface area (Å²) < 4.78 is 37.2. The zero-order chi connectivity index (χ0) is 24.6. The number of epoxide rings is 1. The second kappa shape index (κ2) is 9.01. The van der Waals surface area contributed by atoms with Gasteiger partial charge in [-0.25, -0.2) is 8.60 Å². The fraction of sp³-hybridized carbons (Fsp3) is 0.115. The number of rotatable bonds is 6. The minimum absolute atomic E-state index is 0.204. The van der Waals surface area contributed by atoms with E-state index in [2.05, 4.69) is 10.0 Å². The van der Waals surface area contributed by atoms with Crippen molar-refractivity contribution in [2.45, 2.75) is 17.9 Å². The third-order valence-electron chi connectivity index (χ3n) is 5.82. The van der Waals surface area contributed by atoms with E-state index in [0.717, 1.165) is 0 Å². The number of nitrogens with one attached hydrogen (secondary N) is 2. The highest BCUT2D eigenvalue weighted by molar-refractivity contribution is 8.01. The molecule has 3 aromatic carbocycles. The van der Waals surface area contributed by atoms with Gasteiger partial charge in [-0.15, -0.1) is 0 Å². The van der Waals surface area contributed by atoms with Gasteiger partial charge in [0, 0.05) is 22.8 Å². The molecule has 9 heteroatoms. The molecular weight excluding hydrogens is 469 g/mol. The zero-order valence-electron chi connectivity index (χ0n) is 18.7. The van der Waals surface area contributed by atoms with Crippen LogP contribution < -0.4 is 10.0 Å². The van der Waals surface area contributed by atoms with Gasteiger partial charge in [-0.1, -0.05) is 24.3 Å². The van der Waals surface area contributed by atoms with Gasteiger partial charge in [0.2, 0.25) is 5.91 Å². The molecule has 0 bridgehead atoms. The van der Waals surface area contributed by atoms with Crippen LogP contribution in [0.5, 0.6) is 0 Å². The summed E-state index contributed by atoms with van der Waals surface area (Å²) in [6.45, 7) is 1.93. The number of hydrogen-bond acceptors (Lipinski definition) is 4. The quantitative estimate of drug-likeness (QED) is 0.313. The van der Waals surface area contributed by atoms with Crippen molar-refractivity contribution in [2.75, 3.05) is 11.9 Å². The SMILES string of the molecule is C[C@H](C(=O)Nc1ccc(S(=O)(NC(=O)c2ccccc2)=C2CO2)cc1)n1ccc2c(F)cccc21. The first-order valence-electron chi connectivity index (χ1n) is 10.9. The maximum absolute atomic E-state index is 14.0. The number of nitrogens with zero attached hydrogens (tertiary/aromatic N) is 1. The molecule has 2 atom stereocenters. The summed E-state index contributed by atoms with van der Waals surface area (Å²) in [4.78, 5) is 25.9. The van der Waals surface area contributed by atoms with Crippen LogP contribution in [0.25, 0.3) is 10.9 Å². The largest absolute Gasteiger partial charge is 0.335 e. The highest BCUT2D eigenvalue weighted by Crippen LogP contribution is 2.24. The maximum atomic E-state index is 14.0. The van der Waals surface area contributed by atoms with Crippen LogP contribution in [0.1, 0.15) is 23.3 Å². The molecule has 2 heterocycles. The summed E-state index contributed by atoms with van der Waals surface area (Å²) in [5.74, 6) is -1.11. The van der Waals surface area contributed by atoms with Crippen LogP contribution in [-0.4, -0.2) is 32.2 Å². The molecule has 0 radical (unpaired) electrons. The van der Waals surface area contributed by atoms with Crippen molar-refractivity contribution in [1.82, 2.24) is 9.29 Å². The number of ether oxygens (including phenoxy) is 1. The van der Waals surface area contributed by atoms with Crippen LogP contribution in [0.3, 0.4) is 0 Å². The van der Waals surface area contributed by atoms with Crippen molar-refractivity contribution >= 4 is 43.2 Å². The summed E-state index contributed by atoms with van der Waals surface area (Å²) in [6, 6.07) is 20.7. The van der Waals surface area contributed by atoms with E-state index in [4.69, 9.17) is 4.74 Å². The average molecular weight is 492 g/mol. The van der Waals surface area contributed by atoms with Crippen molar-refractivity contribution in [3.05, 3.63) is 96.4 Å². The van der Waals surface area contributed by atoms with Crippen LogP contribution in [0.15, 0.2) is 90.0 Å². The second-order valence-corrected chi connectivity index (χ2v) is 10.3. The number of benzene rings is 3. The molecular formula is C26H22FN3O4S. The number of aromatic nitrogens is 1. The molecule has 2 N–H and O–H groups in total. The molecule has 2 amide bonds. The summed E-state index contributed by atoms with van der Waals surface area (Å²) in [5.41, 5.74) is 1.50. The molecule has 35 heavy (non-hydrogen) atoms. The summed E-state index contributed by atoms with van der Waals surface area (Å²) in [6.07, 6.45) is 1.68. The van der Waals surface area contributed by atoms with E-state index in [1.54, 1.807) is 90.5 Å². The Hall–Kier alpha value is -3.95. The molecule has 1 aliphatic heterocycles. The highest BCUT2D eigenvalue weighted by atomic mass is 32.2. The Kier molecular flexibility index (Phi) is 5.88. The van der Waals surface area contributed by atoms with Crippen LogP contribution >= 0.6 is 0 Å². The number of carbonyl (C=O) groups is 2. The molecule has 1 unspecified atom stereocenters. The van der Waals surface area contributed by atoms with Crippen LogP contribution in [0.4, 0.5) is 10.1 Å². The first-order valence-corrected chi connectivity index (χ1v) is 12.5. The summed E-state index contributed by atoms with van der Waals surface area (Å²) >= 11 is 0. The topological polar surface area (TPSA) is 92.7 Å². The van der Waals surface area contributed by atoms with Gasteiger partial charge < -0.3 is 14.6 Å². The molecule has 1 aliphatic rings. The van der Waals surface area contributed by atoms with E-state index < -0.39 is 21.7 Å². The number of anilines is 1. The van der Waals surface area contributed by atoms with Crippen molar-refractivity contribution in [3.63, 3.8) is 0 Å². The molecule has 1 fully saturated rings. The third kappa shape index (κ3) is 4.43.